The number of halogens is 3. The van der Waals surface area contributed by atoms with Crippen LogP contribution in [0.5, 0.6) is 0 Å². The molecule has 10 heteroatoms. The number of amides is 2. The molecule has 1 heterocycles. The Kier molecular flexibility index (Phi) is 7.15. The van der Waals surface area contributed by atoms with Crippen molar-refractivity contribution in [2.75, 3.05) is 11.9 Å². The van der Waals surface area contributed by atoms with Gasteiger partial charge in [-0.25, -0.2) is 4.98 Å². The van der Waals surface area contributed by atoms with E-state index in [-0.39, 0.29) is 37.5 Å². The second-order valence-electron chi connectivity index (χ2n) is 7.53. The summed E-state index contributed by atoms with van der Waals surface area (Å²) in [5.74, 6) is -2.29. The van der Waals surface area contributed by atoms with Crippen molar-refractivity contribution in [3.63, 3.8) is 0 Å². The molecule has 0 spiro atoms. The first-order valence-electron chi connectivity index (χ1n) is 10.3. The fourth-order valence-electron chi connectivity index (χ4n) is 3.42. The van der Waals surface area contributed by atoms with Crippen molar-refractivity contribution in [3.05, 3.63) is 70.3 Å². The molecule has 1 aromatic heterocycles. The van der Waals surface area contributed by atoms with Gasteiger partial charge in [0.05, 0.1) is 17.2 Å². The lowest BCUT2D eigenvalue weighted by atomic mass is 10.1. The van der Waals surface area contributed by atoms with E-state index in [0.29, 0.717) is 27.1 Å². The van der Waals surface area contributed by atoms with Gasteiger partial charge in [0, 0.05) is 31.7 Å². The lowest BCUT2D eigenvalue weighted by Gasteiger charge is -2.22. The smallest absolute Gasteiger partial charge is 0.331 e. The van der Waals surface area contributed by atoms with Gasteiger partial charge in [-0.15, -0.1) is 0 Å². The number of aryl methyl sites for hydroxylation is 2. The topological polar surface area (TPSA) is 84.3 Å². The van der Waals surface area contributed by atoms with Crippen LogP contribution >= 0.6 is 0 Å². The summed E-state index contributed by atoms with van der Waals surface area (Å²) in [4.78, 5) is 41.5. The number of carbonyl (C=O) groups excluding carboxylic acids is 2. The summed E-state index contributed by atoms with van der Waals surface area (Å²) in [6.07, 6.45) is -3.55. The Morgan fingerprint density at radius 3 is 2.58 bits per heavy atom. The lowest BCUT2D eigenvalue weighted by Crippen LogP contribution is -2.40. The van der Waals surface area contributed by atoms with Crippen molar-refractivity contribution in [3.8, 4) is 0 Å². The van der Waals surface area contributed by atoms with Gasteiger partial charge in [-0.1, -0.05) is 24.3 Å². The average molecular weight is 460 g/mol. The minimum Gasteiger partial charge on any atom is -0.331 e. The number of aromatic nitrogens is 2. The van der Waals surface area contributed by atoms with Gasteiger partial charge >= 0.3 is 12.1 Å². The van der Waals surface area contributed by atoms with E-state index in [4.69, 9.17) is 0 Å². The van der Waals surface area contributed by atoms with Gasteiger partial charge in [0.15, 0.2) is 0 Å². The van der Waals surface area contributed by atoms with Crippen LogP contribution in [0, 0.1) is 6.92 Å². The van der Waals surface area contributed by atoms with Gasteiger partial charge in [0.25, 0.3) is 5.56 Å². The number of nitrogens with one attached hydrogen (secondary N) is 1. The summed E-state index contributed by atoms with van der Waals surface area (Å²) in [5, 5.41) is 3.14. The van der Waals surface area contributed by atoms with E-state index in [0.717, 1.165) is 5.56 Å². The standard InChI is InChI=1S/C23H23F3N4O3/c1-3-29(22(33)23(24,25)26)13-16-7-5-8-17(12-16)28-19(31)10-11-30-14-27-20-15(2)6-4-9-18(20)21(30)32/h4-9,12,14H,3,10-11,13H2,1-2H3,(H,28,31). The maximum Gasteiger partial charge on any atom is 0.471 e. The number of fused-ring (bicyclic) bond motifs is 1. The maximum atomic E-state index is 12.7. The van der Waals surface area contributed by atoms with Crippen LogP contribution in [-0.4, -0.2) is 39.0 Å². The Morgan fingerprint density at radius 1 is 1.15 bits per heavy atom. The lowest BCUT2D eigenvalue weighted by molar-refractivity contribution is -0.185. The SMILES string of the molecule is CCN(Cc1cccc(NC(=O)CCn2cnc3c(C)cccc3c2=O)c1)C(=O)C(F)(F)F. The zero-order valence-corrected chi connectivity index (χ0v) is 18.1. The van der Waals surface area contributed by atoms with Crippen molar-refractivity contribution in [1.29, 1.82) is 0 Å². The molecule has 0 unspecified atom stereocenters. The molecule has 1 N–H and O–H groups in total. The zero-order valence-electron chi connectivity index (χ0n) is 18.1. The highest BCUT2D eigenvalue weighted by molar-refractivity contribution is 5.90. The third-order valence-electron chi connectivity index (χ3n) is 5.13. The average Bonchev–Trinajstić information content (AvgIpc) is 2.76. The molecular formula is C23H23F3N4O3. The molecule has 2 aromatic carbocycles. The number of nitrogens with zero attached hydrogens (tertiary/aromatic N) is 3. The van der Waals surface area contributed by atoms with Crippen molar-refractivity contribution in [2.45, 2.75) is 39.5 Å². The molecule has 0 saturated carbocycles. The minimum absolute atomic E-state index is 0.00319. The summed E-state index contributed by atoms with van der Waals surface area (Å²) in [6, 6.07) is 11.6. The van der Waals surface area contributed by atoms with Crippen LogP contribution in [0.25, 0.3) is 10.9 Å². The Balaban J connectivity index is 1.64. The van der Waals surface area contributed by atoms with E-state index in [1.54, 1.807) is 30.3 Å². The fourth-order valence-corrected chi connectivity index (χ4v) is 3.42. The monoisotopic (exact) mass is 460 g/mol. The van der Waals surface area contributed by atoms with E-state index >= 15 is 0 Å². The van der Waals surface area contributed by atoms with Crippen molar-refractivity contribution in [2.24, 2.45) is 0 Å². The first-order valence-corrected chi connectivity index (χ1v) is 10.3. The molecule has 2 amide bonds. The minimum atomic E-state index is -4.95. The molecule has 0 aliphatic carbocycles. The van der Waals surface area contributed by atoms with Crippen LogP contribution in [-0.2, 0) is 22.7 Å². The summed E-state index contributed by atoms with van der Waals surface area (Å²) in [6.45, 7) is 3.09. The van der Waals surface area contributed by atoms with Crippen molar-refractivity contribution in [1.82, 2.24) is 14.5 Å². The van der Waals surface area contributed by atoms with Crippen LogP contribution < -0.4 is 10.9 Å². The van der Waals surface area contributed by atoms with Crippen molar-refractivity contribution < 1.29 is 22.8 Å². The first kappa shape index (κ1) is 24.0. The Hall–Kier alpha value is -3.69. The first-order chi connectivity index (χ1) is 15.6. The fraction of sp³-hybridized carbons (Fsp3) is 0.304. The van der Waals surface area contributed by atoms with E-state index in [2.05, 4.69) is 10.3 Å². The van der Waals surface area contributed by atoms with E-state index < -0.39 is 12.1 Å². The normalized spacial score (nSPS) is 11.4. The molecule has 33 heavy (non-hydrogen) atoms. The van der Waals surface area contributed by atoms with Gasteiger partial charge < -0.3 is 10.2 Å². The predicted molar refractivity (Wildman–Crippen MR) is 118 cm³/mol. The van der Waals surface area contributed by atoms with Crippen LogP contribution in [0.3, 0.4) is 0 Å². The molecule has 0 fully saturated rings. The second-order valence-corrected chi connectivity index (χ2v) is 7.53. The molecule has 0 aliphatic rings. The number of hydrogen-bond acceptors (Lipinski definition) is 4. The van der Waals surface area contributed by atoms with E-state index in [9.17, 15) is 27.6 Å². The van der Waals surface area contributed by atoms with Gasteiger partial charge in [-0.2, -0.15) is 13.2 Å². The molecule has 3 rings (SSSR count). The summed E-state index contributed by atoms with van der Waals surface area (Å²) in [5.41, 5.74) is 2.08. The Morgan fingerprint density at radius 2 is 1.88 bits per heavy atom. The third kappa shape index (κ3) is 5.76. The van der Waals surface area contributed by atoms with Gasteiger partial charge in [-0.3, -0.25) is 19.0 Å². The second kappa shape index (κ2) is 9.85. The molecule has 7 nitrogen and oxygen atoms in total. The van der Waals surface area contributed by atoms with Gasteiger partial charge in [-0.05, 0) is 43.2 Å². The predicted octanol–water partition coefficient (Wildman–Crippen LogP) is 3.64. The largest absolute Gasteiger partial charge is 0.471 e. The van der Waals surface area contributed by atoms with E-state index in [1.165, 1.54) is 23.9 Å². The maximum absolute atomic E-state index is 12.7. The summed E-state index contributed by atoms with van der Waals surface area (Å²) >= 11 is 0. The highest BCUT2D eigenvalue weighted by Gasteiger charge is 2.41. The van der Waals surface area contributed by atoms with Crippen LogP contribution in [0.2, 0.25) is 0 Å². The van der Waals surface area contributed by atoms with Crippen LogP contribution in [0.1, 0.15) is 24.5 Å². The van der Waals surface area contributed by atoms with Gasteiger partial charge in [0.1, 0.15) is 0 Å². The molecular weight excluding hydrogens is 437 g/mol. The Labute approximate surface area is 187 Å². The third-order valence-corrected chi connectivity index (χ3v) is 5.13. The summed E-state index contributed by atoms with van der Waals surface area (Å²) in [7, 11) is 0. The van der Waals surface area contributed by atoms with Gasteiger partial charge in [0.2, 0.25) is 5.91 Å². The number of hydrogen-bond donors (Lipinski definition) is 1. The number of para-hydroxylation sites is 1. The molecule has 0 saturated heterocycles. The molecule has 0 radical (unpaired) electrons. The Bertz CT molecular complexity index is 1240. The number of carbonyl (C=O) groups is 2. The molecule has 0 aliphatic heterocycles. The number of benzene rings is 2. The quantitative estimate of drug-likeness (QED) is 0.584. The van der Waals surface area contributed by atoms with E-state index in [1.807, 2.05) is 13.0 Å². The zero-order chi connectivity index (χ0) is 24.2. The number of rotatable bonds is 7. The molecule has 3 aromatic rings. The van der Waals surface area contributed by atoms with Crippen LogP contribution in [0.4, 0.5) is 18.9 Å². The molecule has 174 valence electrons. The van der Waals surface area contributed by atoms with Crippen molar-refractivity contribution >= 4 is 28.4 Å². The number of alkyl halides is 3. The molecule has 0 atom stereocenters. The highest BCUT2D eigenvalue weighted by atomic mass is 19.4. The highest BCUT2D eigenvalue weighted by Crippen LogP contribution is 2.21. The number of anilines is 1. The summed E-state index contributed by atoms with van der Waals surface area (Å²) < 4.78 is 39.5. The van der Waals surface area contributed by atoms with Crippen LogP contribution in [0.15, 0.2) is 53.6 Å². The molecule has 0 bridgehead atoms.